The molecule has 0 radical (unpaired) electrons. The molecule has 1 heterocycles. The average molecular weight is 349 g/mol. The Hall–Kier alpha value is -2.31. The molecule has 0 atom stereocenters. The van der Waals surface area contributed by atoms with Gasteiger partial charge >= 0.3 is 6.09 Å². The van der Waals surface area contributed by atoms with Gasteiger partial charge in [0.1, 0.15) is 5.60 Å². The Bertz CT molecular complexity index is 565. The Labute approximate surface area is 150 Å². The number of hydrogen-bond acceptors (Lipinski definition) is 4. The molecule has 0 aliphatic heterocycles. The molecule has 25 heavy (non-hydrogen) atoms. The number of carbonyl (C=O) groups excluding carboxylic acids is 1. The number of nitrogens with zero attached hydrogens (tertiary/aromatic N) is 2. The molecular weight excluding hydrogens is 318 g/mol. The Morgan fingerprint density at radius 1 is 1.24 bits per heavy atom. The minimum Gasteiger partial charge on any atom is -0.444 e. The van der Waals surface area contributed by atoms with Crippen LogP contribution in [-0.4, -0.2) is 48.3 Å². The fraction of sp³-hybridized carbons (Fsp3) is 0.611. The Morgan fingerprint density at radius 2 is 1.96 bits per heavy atom. The Balaban J connectivity index is 2.38. The number of rotatable bonds is 6. The SMILES string of the molecule is CN=C(NCCc1cccnc1)NCC(C)(C)NC(=O)OC(C)(C)C. The maximum Gasteiger partial charge on any atom is 0.408 e. The summed E-state index contributed by atoms with van der Waals surface area (Å²) in [5.74, 6) is 0.683. The largest absolute Gasteiger partial charge is 0.444 e. The molecule has 1 amide bonds. The lowest BCUT2D eigenvalue weighted by molar-refractivity contribution is 0.0474. The molecule has 0 saturated heterocycles. The van der Waals surface area contributed by atoms with Gasteiger partial charge in [0.25, 0.3) is 0 Å². The van der Waals surface area contributed by atoms with Crippen LogP contribution in [0, 0.1) is 0 Å². The molecule has 0 saturated carbocycles. The first-order valence-corrected chi connectivity index (χ1v) is 8.46. The van der Waals surface area contributed by atoms with E-state index in [4.69, 9.17) is 4.74 Å². The van der Waals surface area contributed by atoms with Gasteiger partial charge in [-0.2, -0.15) is 0 Å². The molecule has 1 rings (SSSR count). The second-order valence-corrected chi connectivity index (χ2v) is 7.47. The number of hydrogen-bond donors (Lipinski definition) is 3. The van der Waals surface area contributed by atoms with Gasteiger partial charge in [-0.15, -0.1) is 0 Å². The van der Waals surface area contributed by atoms with E-state index in [9.17, 15) is 4.79 Å². The number of amides is 1. The van der Waals surface area contributed by atoms with Crippen molar-refractivity contribution in [2.45, 2.75) is 52.2 Å². The first kappa shape index (κ1) is 20.7. The normalized spacial score (nSPS) is 12.5. The second-order valence-electron chi connectivity index (χ2n) is 7.47. The third-order valence-electron chi connectivity index (χ3n) is 3.19. The van der Waals surface area contributed by atoms with E-state index in [2.05, 4.69) is 25.9 Å². The molecule has 7 heteroatoms. The van der Waals surface area contributed by atoms with Gasteiger partial charge in [0.15, 0.2) is 5.96 Å². The third kappa shape index (κ3) is 9.54. The fourth-order valence-corrected chi connectivity index (χ4v) is 2.02. The van der Waals surface area contributed by atoms with E-state index >= 15 is 0 Å². The van der Waals surface area contributed by atoms with Crippen molar-refractivity contribution in [3.63, 3.8) is 0 Å². The zero-order valence-electron chi connectivity index (χ0n) is 16.1. The summed E-state index contributed by atoms with van der Waals surface area (Å²) >= 11 is 0. The number of aliphatic imine (C=N–C) groups is 1. The zero-order valence-corrected chi connectivity index (χ0v) is 16.1. The molecule has 0 aliphatic rings. The van der Waals surface area contributed by atoms with E-state index in [0.717, 1.165) is 18.5 Å². The van der Waals surface area contributed by atoms with Gasteiger partial charge in [0.2, 0.25) is 0 Å². The van der Waals surface area contributed by atoms with Crippen molar-refractivity contribution in [2.24, 2.45) is 4.99 Å². The van der Waals surface area contributed by atoms with E-state index in [-0.39, 0.29) is 0 Å². The summed E-state index contributed by atoms with van der Waals surface area (Å²) in [6, 6.07) is 3.96. The van der Waals surface area contributed by atoms with Gasteiger partial charge in [0, 0.05) is 32.5 Å². The first-order chi connectivity index (χ1) is 11.6. The van der Waals surface area contributed by atoms with Crippen molar-refractivity contribution in [1.29, 1.82) is 0 Å². The molecule has 0 bridgehead atoms. The number of carbonyl (C=O) groups is 1. The number of pyridine rings is 1. The van der Waals surface area contributed by atoms with E-state index < -0.39 is 17.2 Å². The maximum atomic E-state index is 11.9. The highest BCUT2D eigenvalue weighted by Gasteiger charge is 2.24. The Morgan fingerprint density at radius 3 is 2.52 bits per heavy atom. The summed E-state index contributed by atoms with van der Waals surface area (Å²) in [6.07, 6.45) is 4.04. The van der Waals surface area contributed by atoms with Gasteiger partial charge in [-0.1, -0.05) is 6.07 Å². The number of ether oxygens (including phenoxy) is 1. The van der Waals surface area contributed by atoms with Crippen LogP contribution in [0.15, 0.2) is 29.5 Å². The number of aromatic nitrogens is 1. The van der Waals surface area contributed by atoms with Crippen molar-refractivity contribution in [3.8, 4) is 0 Å². The summed E-state index contributed by atoms with van der Waals surface area (Å²) in [7, 11) is 1.72. The van der Waals surface area contributed by atoms with Crippen LogP contribution < -0.4 is 16.0 Å². The molecular formula is C18H31N5O2. The van der Waals surface area contributed by atoms with Crippen LogP contribution in [0.4, 0.5) is 4.79 Å². The minimum atomic E-state index is -0.516. The summed E-state index contributed by atoms with van der Waals surface area (Å²) in [5.41, 5.74) is 0.165. The predicted octanol–water partition coefficient (Wildman–Crippen LogP) is 2.09. The monoisotopic (exact) mass is 349 g/mol. The van der Waals surface area contributed by atoms with Crippen LogP contribution in [0.25, 0.3) is 0 Å². The number of guanidine groups is 1. The molecule has 140 valence electrons. The van der Waals surface area contributed by atoms with Crippen LogP contribution in [0.5, 0.6) is 0 Å². The minimum absolute atomic E-state index is 0.432. The van der Waals surface area contributed by atoms with E-state index in [1.807, 2.05) is 52.9 Å². The molecule has 0 aromatic carbocycles. The van der Waals surface area contributed by atoms with Gasteiger partial charge < -0.3 is 20.7 Å². The lowest BCUT2D eigenvalue weighted by Gasteiger charge is -2.29. The van der Waals surface area contributed by atoms with Crippen molar-refractivity contribution < 1.29 is 9.53 Å². The molecule has 0 spiro atoms. The summed E-state index contributed by atoms with van der Waals surface area (Å²) in [6.45, 7) is 10.6. The number of nitrogens with one attached hydrogen (secondary N) is 3. The molecule has 1 aromatic rings. The lowest BCUT2D eigenvalue weighted by atomic mass is 10.1. The summed E-state index contributed by atoms with van der Waals surface area (Å²) < 4.78 is 5.29. The van der Waals surface area contributed by atoms with E-state index in [0.29, 0.717) is 12.5 Å². The quantitative estimate of drug-likeness (QED) is 0.541. The van der Waals surface area contributed by atoms with Crippen molar-refractivity contribution in [2.75, 3.05) is 20.1 Å². The molecule has 0 unspecified atom stereocenters. The highest BCUT2D eigenvalue weighted by Crippen LogP contribution is 2.09. The molecule has 0 fully saturated rings. The fourth-order valence-electron chi connectivity index (χ4n) is 2.02. The standard InChI is InChI=1S/C18H31N5O2/c1-17(2,3)25-16(24)23-18(4,5)13-22-15(19-6)21-11-9-14-8-7-10-20-12-14/h7-8,10,12H,9,11,13H2,1-6H3,(H,23,24)(H2,19,21,22). The molecule has 0 aliphatic carbocycles. The molecule has 1 aromatic heterocycles. The second kappa shape index (κ2) is 9.25. The third-order valence-corrected chi connectivity index (χ3v) is 3.19. The lowest BCUT2D eigenvalue weighted by Crippen LogP contribution is -2.54. The zero-order chi connectivity index (χ0) is 18.9. The highest BCUT2D eigenvalue weighted by molar-refractivity contribution is 5.79. The maximum absolute atomic E-state index is 11.9. The number of alkyl carbamates (subject to hydrolysis) is 1. The smallest absolute Gasteiger partial charge is 0.408 e. The van der Waals surface area contributed by atoms with Crippen LogP contribution in [0.3, 0.4) is 0 Å². The van der Waals surface area contributed by atoms with Crippen LogP contribution in [0.1, 0.15) is 40.2 Å². The van der Waals surface area contributed by atoms with Gasteiger partial charge in [-0.05, 0) is 52.7 Å². The van der Waals surface area contributed by atoms with Gasteiger partial charge in [-0.25, -0.2) is 4.79 Å². The van der Waals surface area contributed by atoms with Crippen molar-refractivity contribution in [3.05, 3.63) is 30.1 Å². The molecule has 7 nitrogen and oxygen atoms in total. The van der Waals surface area contributed by atoms with Crippen LogP contribution >= 0.6 is 0 Å². The summed E-state index contributed by atoms with van der Waals surface area (Å²) in [5, 5.41) is 9.33. The van der Waals surface area contributed by atoms with Crippen molar-refractivity contribution >= 4 is 12.1 Å². The first-order valence-electron chi connectivity index (χ1n) is 8.46. The Kier molecular flexibility index (Phi) is 7.67. The molecule has 3 N–H and O–H groups in total. The van der Waals surface area contributed by atoms with Crippen LogP contribution in [0.2, 0.25) is 0 Å². The van der Waals surface area contributed by atoms with Crippen molar-refractivity contribution in [1.82, 2.24) is 20.9 Å². The van der Waals surface area contributed by atoms with E-state index in [1.54, 1.807) is 13.2 Å². The van der Waals surface area contributed by atoms with Crippen LogP contribution in [-0.2, 0) is 11.2 Å². The average Bonchev–Trinajstić information content (AvgIpc) is 2.49. The highest BCUT2D eigenvalue weighted by atomic mass is 16.6. The van der Waals surface area contributed by atoms with Gasteiger partial charge in [0.05, 0.1) is 5.54 Å². The summed E-state index contributed by atoms with van der Waals surface area (Å²) in [4.78, 5) is 20.2. The van der Waals surface area contributed by atoms with E-state index in [1.165, 1.54) is 0 Å². The predicted molar refractivity (Wildman–Crippen MR) is 101 cm³/mol. The topological polar surface area (TPSA) is 87.6 Å². The van der Waals surface area contributed by atoms with Gasteiger partial charge in [-0.3, -0.25) is 9.98 Å².